The number of nitrogens with zero attached hydrogens (tertiary/aromatic N) is 1. The lowest BCUT2D eigenvalue weighted by Gasteiger charge is -1.96. The van der Waals surface area contributed by atoms with Gasteiger partial charge < -0.3 is 4.42 Å². The second-order valence-corrected chi connectivity index (χ2v) is 5.04. The molecule has 94 valence electrons. The average molecular weight is 269 g/mol. The molecule has 0 unspecified atom stereocenters. The van der Waals surface area contributed by atoms with Crippen LogP contribution in [0, 0.1) is 0 Å². The number of oxazole rings is 1. The van der Waals surface area contributed by atoms with Crippen LogP contribution in [-0.4, -0.2) is 10.8 Å². The molecule has 0 N–H and O–H groups in total. The van der Waals surface area contributed by atoms with Gasteiger partial charge in [-0.05, 0) is 11.4 Å². The van der Waals surface area contributed by atoms with Crippen molar-refractivity contribution in [1.29, 1.82) is 0 Å². The quantitative estimate of drug-likeness (QED) is 0.667. The predicted octanol–water partition coefficient (Wildman–Crippen LogP) is 4.27. The smallest absolute Gasteiger partial charge is 0.237 e. The highest BCUT2D eigenvalue weighted by Gasteiger charge is 2.19. The van der Waals surface area contributed by atoms with E-state index in [4.69, 9.17) is 4.42 Å². The first-order valence-corrected chi connectivity index (χ1v) is 6.75. The Morgan fingerprint density at radius 1 is 1.16 bits per heavy atom. The van der Waals surface area contributed by atoms with Gasteiger partial charge in [-0.1, -0.05) is 36.4 Å². The van der Waals surface area contributed by atoms with Crippen LogP contribution >= 0.6 is 11.3 Å². The van der Waals surface area contributed by atoms with E-state index in [2.05, 4.69) is 4.98 Å². The number of carbonyl (C=O) groups excluding carboxylic acids is 1. The number of hydrogen-bond acceptors (Lipinski definition) is 4. The maximum Gasteiger partial charge on any atom is 0.237 e. The predicted molar refractivity (Wildman–Crippen MR) is 75.3 cm³/mol. The summed E-state index contributed by atoms with van der Waals surface area (Å²) in [7, 11) is 0. The van der Waals surface area contributed by atoms with E-state index in [1.165, 1.54) is 18.3 Å². The normalized spacial score (nSPS) is 10.6. The Morgan fingerprint density at radius 3 is 2.58 bits per heavy atom. The molecule has 0 aliphatic rings. The van der Waals surface area contributed by atoms with E-state index in [1.54, 1.807) is 0 Å². The second kappa shape index (κ2) is 4.82. The van der Waals surface area contributed by atoms with Gasteiger partial charge in [-0.15, -0.1) is 11.3 Å². The molecule has 0 spiro atoms. The Kier molecular flexibility index (Phi) is 3.01. The summed E-state index contributed by atoms with van der Waals surface area (Å²) in [5.74, 6) is 0.697. The number of ketones is 1. The first kappa shape index (κ1) is 11.9. The van der Waals surface area contributed by atoms with Crippen molar-refractivity contribution in [3.8, 4) is 22.0 Å². The molecule has 0 saturated carbocycles. The van der Waals surface area contributed by atoms with Crippen LogP contribution in [-0.2, 0) is 0 Å². The molecule has 0 saturated heterocycles. The zero-order valence-electron chi connectivity index (χ0n) is 10.3. The minimum atomic E-state index is -0.117. The van der Waals surface area contributed by atoms with Crippen molar-refractivity contribution in [3.63, 3.8) is 0 Å². The summed E-state index contributed by atoms with van der Waals surface area (Å²) in [4.78, 5) is 17.1. The maximum atomic E-state index is 11.7. The lowest BCUT2D eigenvalue weighted by Crippen LogP contribution is -1.92. The van der Waals surface area contributed by atoms with Gasteiger partial charge in [0.05, 0.1) is 4.88 Å². The lowest BCUT2D eigenvalue weighted by atomic mass is 10.1. The SMILES string of the molecule is CC(=O)c1oc(-c2cccs2)nc1-c1ccccc1. The number of aromatic nitrogens is 1. The average Bonchev–Trinajstić information content (AvgIpc) is 3.08. The van der Waals surface area contributed by atoms with Crippen LogP contribution in [0.4, 0.5) is 0 Å². The van der Waals surface area contributed by atoms with E-state index < -0.39 is 0 Å². The molecular formula is C15H11NO2S. The van der Waals surface area contributed by atoms with Crippen LogP contribution < -0.4 is 0 Å². The fourth-order valence-corrected chi connectivity index (χ4v) is 2.51. The molecule has 3 nitrogen and oxygen atoms in total. The van der Waals surface area contributed by atoms with E-state index in [0.29, 0.717) is 17.3 Å². The van der Waals surface area contributed by atoms with E-state index in [0.717, 1.165) is 10.4 Å². The Bertz CT molecular complexity index is 699. The van der Waals surface area contributed by atoms with Crippen LogP contribution in [0.15, 0.2) is 52.3 Å². The van der Waals surface area contributed by atoms with Crippen molar-refractivity contribution in [2.24, 2.45) is 0 Å². The number of hydrogen-bond donors (Lipinski definition) is 0. The Labute approximate surface area is 114 Å². The molecule has 2 heterocycles. The largest absolute Gasteiger partial charge is 0.432 e. The summed E-state index contributed by atoms with van der Waals surface area (Å²) >= 11 is 1.54. The molecule has 19 heavy (non-hydrogen) atoms. The number of Topliss-reactive ketones (excluding diaryl/α,β-unsaturated/α-hetero) is 1. The van der Waals surface area contributed by atoms with Crippen LogP contribution in [0.3, 0.4) is 0 Å². The number of thiophene rings is 1. The van der Waals surface area contributed by atoms with Crippen molar-refractivity contribution in [2.45, 2.75) is 6.92 Å². The Morgan fingerprint density at radius 2 is 1.95 bits per heavy atom. The monoisotopic (exact) mass is 269 g/mol. The molecule has 3 rings (SSSR count). The minimum Gasteiger partial charge on any atom is -0.432 e. The minimum absolute atomic E-state index is 0.117. The first-order valence-electron chi connectivity index (χ1n) is 5.87. The molecule has 1 aromatic carbocycles. The van der Waals surface area contributed by atoms with Crippen molar-refractivity contribution in [3.05, 3.63) is 53.6 Å². The van der Waals surface area contributed by atoms with Gasteiger partial charge in [0.15, 0.2) is 11.5 Å². The summed E-state index contributed by atoms with van der Waals surface area (Å²) in [5.41, 5.74) is 1.50. The highest BCUT2D eigenvalue weighted by atomic mass is 32.1. The zero-order chi connectivity index (χ0) is 13.2. The van der Waals surface area contributed by atoms with Gasteiger partial charge in [0, 0.05) is 12.5 Å². The van der Waals surface area contributed by atoms with Crippen molar-refractivity contribution < 1.29 is 9.21 Å². The van der Waals surface area contributed by atoms with Crippen LogP contribution in [0.2, 0.25) is 0 Å². The van der Waals surface area contributed by atoms with E-state index in [1.807, 2.05) is 47.8 Å². The van der Waals surface area contributed by atoms with Gasteiger partial charge >= 0.3 is 0 Å². The van der Waals surface area contributed by atoms with Gasteiger partial charge in [-0.25, -0.2) is 4.98 Å². The summed E-state index contributed by atoms with van der Waals surface area (Å²) in [6.45, 7) is 1.49. The summed E-state index contributed by atoms with van der Waals surface area (Å²) in [6, 6.07) is 13.5. The summed E-state index contributed by atoms with van der Waals surface area (Å²) in [6.07, 6.45) is 0. The summed E-state index contributed by atoms with van der Waals surface area (Å²) in [5, 5.41) is 1.95. The van der Waals surface area contributed by atoms with Crippen molar-refractivity contribution in [2.75, 3.05) is 0 Å². The molecule has 0 fully saturated rings. The Balaban J connectivity index is 2.16. The third-order valence-corrected chi connectivity index (χ3v) is 3.58. The molecular weight excluding hydrogens is 258 g/mol. The highest BCUT2D eigenvalue weighted by Crippen LogP contribution is 2.31. The van der Waals surface area contributed by atoms with E-state index in [9.17, 15) is 4.79 Å². The van der Waals surface area contributed by atoms with E-state index in [-0.39, 0.29) is 5.78 Å². The van der Waals surface area contributed by atoms with Crippen molar-refractivity contribution >= 4 is 17.1 Å². The molecule has 0 radical (unpaired) electrons. The molecule has 0 atom stereocenters. The van der Waals surface area contributed by atoms with Gasteiger partial charge in [0.2, 0.25) is 5.89 Å². The zero-order valence-corrected chi connectivity index (χ0v) is 11.1. The first-order chi connectivity index (χ1) is 9.25. The van der Waals surface area contributed by atoms with Crippen LogP contribution in [0.25, 0.3) is 22.0 Å². The van der Waals surface area contributed by atoms with E-state index >= 15 is 0 Å². The Hall–Kier alpha value is -2.20. The van der Waals surface area contributed by atoms with Gasteiger partial charge in [0.25, 0.3) is 0 Å². The number of benzene rings is 1. The molecule has 0 bridgehead atoms. The molecule has 0 amide bonds. The molecule has 3 aromatic rings. The van der Waals surface area contributed by atoms with Gasteiger partial charge in [-0.3, -0.25) is 4.79 Å². The molecule has 2 aromatic heterocycles. The maximum absolute atomic E-state index is 11.7. The molecule has 0 aliphatic carbocycles. The molecule has 4 heteroatoms. The van der Waals surface area contributed by atoms with Crippen molar-refractivity contribution in [1.82, 2.24) is 4.98 Å². The third-order valence-electron chi connectivity index (χ3n) is 2.73. The van der Waals surface area contributed by atoms with Gasteiger partial charge in [-0.2, -0.15) is 0 Å². The highest BCUT2D eigenvalue weighted by molar-refractivity contribution is 7.13. The molecule has 0 aliphatic heterocycles. The summed E-state index contributed by atoms with van der Waals surface area (Å²) < 4.78 is 5.62. The second-order valence-electron chi connectivity index (χ2n) is 4.10. The number of rotatable bonds is 3. The lowest BCUT2D eigenvalue weighted by molar-refractivity contribution is 0.0989. The van der Waals surface area contributed by atoms with Crippen LogP contribution in [0.5, 0.6) is 0 Å². The third kappa shape index (κ3) is 2.22. The van der Waals surface area contributed by atoms with Gasteiger partial charge in [0.1, 0.15) is 5.69 Å². The number of carbonyl (C=O) groups is 1. The fourth-order valence-electron chi connectivity index (χ4n) is 1.86. The fraction of sp³-hybridized carbons (Fsp3) is 0.0667. The van der Waals surface area contributed by atoms with Crippen LogP contribution in [0.1, 0.15) is 17.5 Å². The standard InChI is InChI=1S/C15H11NO2S/c1-10(17)14-13(11-6-3-2-4-7-11)16-15(18-14)12-8-5-9-19-12/h2-9H,1H3. The topological polar surface area (TPSA) is 43.1 Å².